The Hall–Kier alpha value is -3.02. The van der Waals surface area contributed by atoms with E-state index < -0.39 is 0 Å². The van der Waals surface area contributed by atoms with Crippen molar-refractivity contribution in [2.75, 3.05) is 12.3 Å². The molecule has 1 atom stereocenters. The Morgan fingerprint density at radius 2 is 1.76 bits per heavy atom. The molecule has 0 aliphatic rings. The van der Waals surface area contributed by atoms with Gasteiger partial charge in [0.15, 0.2) is 0 Å². The molecule has 0 aliphatic heterocycles. The second-order valence-corrected chi connectivity index (χ2v) is 5.99. The van der Waals surface area contributed by atoms with Gasteiger partial charge in [0.25, 0.3) is 0 Å². The summed E-state index contributed by atoms with van der Waals surface area (Å²) in [7, 11) is 0. The van der Waals surface area contributed by atoms with Gasteiger partial charge < -0.3 is 11.1 Å². The summed E-state index contributed by atoms with van der Waals surface area (Å²) in [6, 6.07) is 22.8. The summed E-state index contributed by atoms with van der Waals surface area (Å²) in [5.41, 5.74) is 8.71. The highest BCUT2D eigenvalue weighted by atomic mass is 14.9. The van der Waals surface area contributed by atoms with Gasteiger partial charge in [-0.1, -0.05) is 60.4 Å². The Labute approximate surface area is 149 Å². The fourth-order valence-electron chi connectivity index (χ4n) is 2.79. The minimum atomic E-state index is 0.279. The van der Waals surface area contributed by atoms with E-state index in [1.54, 1.807) is 0 Å². The smallest absolute Gasteiger partial charge is 0.0314 e. The SMILES string of the molecule is C[C@@H](NCC=CC#Cc1ccc(N)cc1)c1cccc2ccccc12. The lowest BCUT2D eigenvalue weighted by Crippen LogP contribution is -2.18. The maximum atomic E-state index is 5.66. The summed E-state index contributed by atoms with van der Waals surface area (Å²) < 4.78 is 0. The maximum Gasteiger partial charge on any atom is 0.0314 e. The van der Waals surface area contributed by atoms with Crippen molar-refractivity contribution in [1.29, 1.82) is 0 Å². The first kappa shape index (κ1) is 16.8. The number of nitrogens with one attached hydrogen (secondary N) is 1. The van der Waals surface area contributed by atoms with Crippen LogP contribution in [0, 0.1) is 11.8 Å². The zero-order valence-corrected chi connectivity index (χ0v) is 14.4. The first-order chi connectivity index (χ1) is 12.2. The summed E-state index contributed by atoms with van der Waals surface area (Å²) >= 11 is 0. The molecule has 2 nitrogen and oxygen atoms in total. The molecule has 3 rings (SSSR count). The molecule has 0 aliphatic carbocycles. The van der Waals surface area contributed by atoms with Crippen molar-refractivity contribution >= 4 is 16.5 Å². The molecule has 0 heterocycles. The number of allylic oxidation sites excluding steroid dienone is 1. The van der Waals surface area contributed by atoms with Gasteiger partial charge in [0.05, 0.1) is 0 Å². The third kappa shape index (κ3) is 4.50. The van der Waals surface area contributed by atoms with Crippen molar-refractivity contribution in [2.45, 2.75) is 13.0 Å². The minimum Gasteiger partial charge on any atom is -0.399 e. The van der Waals surface area contributed by atoms with Gasteiger partial charge in [0.2, 0.25) is 0 Å². The molecule has 3 N–H and O–H groups in total. The highest BCUT2D eigenvalue weighted by molar-refractivity contribution is 5.86. The number of benzene rings is 3. The van der Waals surface area contributed by atoms with Crippen molar-refractivity contribution < 1.29 is 0 Å². The van der Waals surface area contributed by atoms with Crippen LogP contribution in [0.1, 0.15) is 24.1 Å². The zero-order valence-electron chi connectivity index (χ0n) is 14.4. The number of nitrogen functional groups attached to an aromatic ring is 1. The molecule has 0 spiro atoms. The molecule has 3 aromatic rings. The second kappa shape index (κ2) is 8.19. The van der Waals surface area contributed by atoms with Gasteiger partial charge in [-0.05, 0) is 53.6 Å². The highest BCUT2D eigenvalue weighted by Gasteiger charge is 2.07. The summed E-state index contributed by atoms with van der Waals surface area (Å²) in [6.45, 7) is 2.97. The van der Waals surface area contributed by atoms with Crippen LogP contribution in [0.2, 0.25) is 0 Å². The molecule has 124 valence electrons. The van der Waals surface area contributed by atoms with Gasteiger partial charge in [-0.15, -0.1) is 0 Å². The molecule has 0 bridgehead atoms. The Morgan fingerprint density at radius 3 is 2.60 bits per heavy atom. The summed E-state index contributed by atoms with van der Waals surface area (Å²) in [5, 5.41) is 6.11. The summed E-state index contributed by atoms with van der Waals surface area (Å²) in [6.07, 6.45) is 3.94. The van der Waals surface area contributed by atoms with E-state index in [4.69, 9.17) is 5.73 Å². The molecule has 0 saturated carbocycles. The fourth-order valence-corrected chi connectivity index (χ4v) is 2.79. The minimum absolute atomic E-state index is 0.279. The predicted octanol–water partition coefficient (Wildman–Crippen LogP) is 4.68. The van der Waals surface area contributed by atoms with E-state index in [1.165, 1.54) is 16.3 Å². The Kier molecular flexibility index (Phi) is 5.51. The normalized spacial score (nSPS) is 12.0. The molecule has 2 heteroatoms. The van der Waals surface area contributed by atoms with E-state index in [0.29, 0.717) is 0 Å². The Morgan fingerprint density at radius 1 is 1.00 bits per heavy atom. The van der Waals surface area contributed by atoms with Crippen molar-refractivity contribution in [2.24, 2.45) is 0 Å². The lowest BCUT2D eigenvalue weighted by Gasteiger charge is -2.15. The van der Waals surface area contributed by atoms with Gasteiger partial charge in [0.1, 0.15) is 0 Å². The van der Waals surface area contributed by atoms with Crippen LogP contribution in [-0.2, 0) is 0 Å². The lowest BCUT2D eigenvalue weighted by atomic mass is 10.00. The largest absolute Gasteiger partial charge is 0.399 e. The van der Waals surface area contributed by atoms with E-state index in [2.05, 4.69) is 66.5 Å². The van der Waals surface area contributed by atoms with Crippen LogP contribution in [0.4, 0.5) is 5.69 Å². The molecular weight excluding hydrogens is 304 g/mol. The van der Waals surface area contributed by atoms with Gasteiger partial charge in [-0.25, -0.2) is 0 Å². The van der Waals surface area contributed by atoms with Crippen molar-refractivity contribution in [3.05, 3.63) is 90.0 Å². The third-order valence-corrected chi connectivity index (χ3v) is 4.16. The molecule has 3 aromatic carbocycles. The number of hydrogen-bond donors (Lipinski definition) is 2. The average molecular weight is 326 g/mol. The predicted molar refractivity (Wildman–Crippen MR) is 107 cm³/mol. The number of fused-ring (bicyclic) bond motifs is 1. The summed E-state index contributed by atoms with van der Waals surface area (Å²) in [4.78, 5) is 0. The molecule has 0 amide bonds. The first-order valence-electron chi connectivity index (χ1n) is 8.47. The van der Waals surface area contributed by atoms with Crippen LogP contribution in [0.3, 0.4) is 0 Å². The number of nitrogens with two attached hydrogens (primary N) is 1. The van der Waals surface area contributed by atoms with E-state index in [-0.39, 0.29) is 6.04 Å². The lowest BCUT2D eigenvalue weighted by molar-refractivity contribution is 0.621. The van der Waals surface area contributed by atoms with Crippen LogP contribution < -0.4 is 11.1 Å². The van der Waals surface area contributed by atoms with Gasteiger partial charge >= 0.3 is 0 Å². The van der Waals surface area contributed by atoms with Crippen LogP contribution >= 0.6 is 0 Å². The quantitative estimate of drug-likeness (QED) is 0.539. The number of hydrogen-bond acceptors (Lipinski definition) is 2. The van der Waals surface area contributed by atoms with Gasteiger partial charge in [-0.3, -0.25) is 0 Å². The Bertz CT molecular complexity index is 922. The topological polar surface area (TPSA) is 38.0 Å². The van der Waals surface area contributed by atoms with Crippen LogP contribution in [0.25, 0.3) is 10.8 Å². The van der Waals surface area contributed by atoms with Gasteiger partial charge in [-0.2, -0.15) is 0 Å². The molecular formula is C23H22N2. The average Bonchev–Trinajstić information content (AvgIpc) is 2.65. The van der Waals surface area contributed by atoms with Crippen molar-refractivity contribution in [3.63, 3.8) is 0 Å². The Balaban J connectivity index is 1.57. The van der Waals surface area contributed by atoms with Crippen LogP contribution in [0.5, 0.6) is 0 Å². The number of rotatable bonds is 4. The van der Waals surface area contributed by atoms with Crippen molar-refractivity contribution in [1.82, 2.24) is 5.32 Å². The maximum absolute atomic E-state index is 5.66. The molecule has 0 saturated heterocycles. The van der Waals surface area contributed by atoms with Crippen molar-refractivity contribution in [3.8, 4) is 11.8 Å². The van der Waals surface area contributed by atoms with Crippen LogP contribution in [-0.4, -0.2) is 6.54 Å². The fraction of sp³-hybridized carbons (Fsp3) is 0.130. The van der Waals surface area contributed by atoms with E-state index in [9.17, 15) is 0 Å². The van der Waals surface area contributed by atoms with E-state index in [0.717, 1.165) is 17.8 Å². The molecule has 25 heavy (non-hydrogen) atoms. The molecule has 0 aromatic heterocycles. The van der Waals surface area contributed by atoms with Gasteiger partial charge in [0, 0.05) is 23.8 Å². The van der Waals surface area contributed by atoms with E-state index >= 15 is 0 Å². The standard InChI is InChI=1S/C23H22N2/c1-18(22-12-7-10-20-9-4-5-11-23(20)22)25-17-6-2-3-8-19-13-15-21(24)16-14-19/h2,4-7,9-16,18,25H,17,24H2,1H3/t18-/m1/s1. The molecule has 0 radical (unpaired) electrons. The van der Waals surface area contributed by atoms with E-state index in [1.807, 2.05) is 36.4 Å². The summed E-state index contributed by atoms with van der Waals surface area (Å²) in [5.74, 6) is 6.15. The molecule has 0 fully saturated rings. The highest BCUT2D eigenvalue weighted by Crippen LogP contribution is 2.23. The second-order valence-electron chi connectivity index (χ2n) is 5.99. The number of anilines is 1. The van der Waals surface area contributed by atoms with Crippen LogP contribution in [0.15, 0.2) is 78.9 Å². The monoisotopic (exact) mass is 326 g/mol. The molecule has 0 unspecified atom stereocenters. The third-order valence-electron chi connectivity index (χ3n) is 4.16. The zero-order chi connectivity index (χ0) is 17.5. The first-order valence-corrected chi connectivity index (χ1v) is 8.47.